The summed E-state index contributed by atoms with van der Waals surface area (Å²) >= 11 is 0. The van der Waals surface area contributed by atoms with E-state index in [2.05, 4.69) is 12.1 Å². The first kappa shape index (κ1) is 20.0. The Morgan fingerprint density at radius 3 is 2.55 bits per heavy atom. The van der Waals surface area contributed by atoms with E-state index in [1.807, 2.05) is 30.3 Å². The van der Waals surface area contributed by atoms with Crippen LogP contribution >= 0.6 is 0 Å². The minimum absolute atomic E-state index is 0.0645. The molecular weight excluding hydrogens is 376 g/mol. The predicted molar refractivity (Wildman–Crippen MR) is 103 cm³/mol. The third-order valence-electron chi connectivity index (χ3n) is 5.52. The van der Waals surface area contributed by atoms with E-state index in [1.165, 1.54) is 36.5 Å². The normalized spacial score (nSPS) is 27.9. The molecule has 1 heterocycles. The Morgan fingerprint density at radius 2 is 1.79 bits per heavy atom. The van der Waals surface area contributed by atoms with Crippen LogP contribution in [0, 0.1) is 0 Å². The molecule has 2 N–H and O–H groups in total. The maximum absolute atomic E-state index is 12.6. The number of aliphatic hydroxyl groups is 2. The minimum atomic E-state index is -1.34. The molecule has 0 radical (unpaired) electrons. The van der Waals surface area contributed by atoms with Crippen molar-refractivity contribution in [2.75, 3.05) is 14.2 Å². The van der Waals surface area contributed by atoms with Crippen LogP contribution in [0.5, 0.6) is 0 Å². The van der Waals surface area contributed by atoms with Crippen molar-refractivity contribution in [2.24, 2.45) is 0 Å². The molecular formula is C22H24O7. The lowest BCUT2D eigenvalue weighted by Gasteiger charge is -2.40. The van der Waals surface area contributed by atoms with Gasteiger partial charge in [-0.1, -0.05) is 42.5 Å². The van der Waals surface area contributed by atoms with E-state index in [9.17, 15) is 15.0 Å². The van der Waals surface area contributed by atoms with Crippen LogP contribution in [-0.2, 0) is 36.8 Å². The second-order valence-electron chi connectivity index (χ2n) is 7.28. The molecule has 7 heteroatoms. The van der Waals surface area contributed by atoms with Crippen molar-refractivity contribution in [1.29, 1.82) is 0 Å². The van der Waals surface area contributed by atoms with Crippen molar-refractivity contribution in [1.82, 2.24) is 0 Å². The van der Waals surface area contributed by atoms with Gasteiger partial charge in [0.05, 0.1) is 0 Å². The van der Waals surface area contributed by atoms with Gasteiger partial charge >= 0.3 is 5.97 Å². The van der Waals surface area contributed by atoms with E-state index in [-0.39, 0.29) is 6.61 Å². The van der Waals surface area contributed by atoms with E-state index in [0.29, 0.717) is 0 Å². The molecule has 0 saturated carbocycles. The highest BCUT2D eigenvalue weighted by atomic mass is 16.7. The number of hydrogen-bond acceptors (Lipinski definition) is 7. The van der Waals surface area contributed by atoms with Gasteiger partial charge in [0.2, 0.25) is 0 Å². The molecule has 2 aromatic rings. The van der Waals surface area contributed by atoms with Crippen LogP contribution in [0.3, 0.4) is 0 Å². The predicted octanol–water partition coefficient (Wildman–Crippen LogP) is 1.41. The van der Waals surface area contributed by atoms with Gasteiger partial charge in [0.15, 0.2) is 12.4 Å². The molecule has 0 bridgehead atoms. The molecule has 1 aliphatic heterocycles. The van der Waals surface area contributed by atoms with Gasteiger partial charge in [0, 0.05) is 14.2 Å². The van der Waals surface area contributed by atoms with Gasteiger partial charge in [-0.2, -0.15) is 0 Å². The summed E-state index contributed by atoms with van der Waals surface area (Å²) in [6.45, 7) is 0.0645. The van der Waals surface area contributed by atoms with Crippen LogP contribution in [-0.4, -0.2) is 61.1 Å². The largest absolute Gasteiger partial charge is 0.459 e. The summed E-state index contributed by atoms with van der Waals surface area (Å²) in [5.74, 6) is -0.686. The molecule has 1 aliphatic carbocycles. The van der Waals surface area contributed by atoms with Gasteiger partial charge in [-0.3, -0.25) is 0 Å². The molecule has 0 amide bonds. The molecule has 29 heavy (non-hydrogen) atoms. The third-order valence-corrected chi connectivity index (χ3v) is 5.52. The molecule has 5 atom stereocenters. The minimum Gasteiger partial charge on any atom is -0.459 e. The van der Waals surface area contributed by atoms with Gasteiger partial charge in [0.1, 0.15) is 24.9 Å². The van der Waals surface area contributed by atoms with Crippen LogP contribution in [0.4, 0.5) is 0 Å². The van der Waals surface area contributed by atoms with E-state index in [1.54, 1.807) is 0 Å². The number of methoxy groups -OCH3 is 2. The summed E-state index contributed by atoms with van der Waals surface area (Å²) in [5, 5.41) is 20.2. The Hall–Kier alpha value is -2.29. The Bertz CT molecular complexity index is 896. The first-order valence-corrected chi connectivity index (χ1v) is 9.47. The SMILES string of the molecule is CO[C@@H]1OC(C(=O)OCc2ccc3c(c2)Cc2ccccc2-3)[C@@H](OC)C(O)C1O. The quantitative estimate of drug-likeness (QED) is 0.626. The monoisotopic (exact) mass is 400 g/mol. The number of esters is 1. The number of benzene rings is 2. The zero-order valence-corrected chi connectivity index (χ0v) is 16.3. The summed E-state index contributed by atoms with van der Waals surface area (Å²) in [5.41, 5.74) is 5.78. The van der Waals surface area contributed by atoms with Gasteiger partial charge in [-0.25, -0.2) is 4.79 Å². The van der Waals surface area contributed by atoms with Crippen LogP contribution in [0.25, 0.3) is 11.1 Å². The third kappa shape index (κ3) is 3.68. The Labute approximate surface area is 168 Å². The van der Waals surface area contributed by atoms with E-state index in [0.717, 1.165) is 12.0 Å². The van der Waals surface area contributed by atoms with Crippen molar-refractivity contribution in [3.8, 4) is 11.1 Å². The fourth-order valence-corrected chi connectivity index (χ4v) is 4.01. The Balaban J connectivity index is 1.44. The highest BCUT2D eigenvalue weighted by Crippen LogP contribution is 2.36. The molecule has 3 unspecified atom stereocenters. The second-order valence-corrected chi connectivity index (χ2v) is 7.28. The van der Waals surface area contributed by atoms with Crippen LogP contribution in [0.15, 0.2) is 42.5 Å². The number of fused-ring (bicyclic) bond motifs is 3. The lowest BCUT2D eigenvalue weighted by molar-refractivity contribution is -0.292. The summed E-state index contributed by atoms with van der Waals surface area (Å²) in [4.78, 5) is 12.6. The lowest BCUT2D eigenvalue weighted by Crippen LogP contribution is -2.61. The molecule has 0 aromatic heterocycles. The van der Waals surface area contributed by atoms with Crippen molar-refractivity contribution >= 4 is 5.97 Å². The number of rotatable bonds is 5. The van der Waals surface area contributed by atoms with Crippen molar-refractivity contribution in [3.05, 3.63) is 59.2 Å². The van der Waals surface area contributed by atoms with Gasteiger partial charge in [-0.05, 0) is 34.2 Å². The highest BCUT2D eigenvalue weighted by molar-refractivity contribution is 5.77. The van der Waals surface area contributed by atoms with Gasteiger partial charge < -0.3 is 29.2 Å². The Morgan fingerprint density at radius 1 is 1.03 bits per heavy atom. The summed E-state index contributed by atoms with van der Waals surface area (Å²) in [6, 6.07) is 14.3. The number of ether oxygens (including phenoxy) is 4. The van der Waals surface area contributed by atoms with Gasteiger partial charge in [-0.15, -0.1) is 0 Å². The number of hydrogen-bond donors (Lipinski definition) is 2. The first-order chi connectivity index (χ1) is 14.0. The van der Waals surface area contributed by atoms with Crippen molar-refractivity contribution in [3.63, 3.8) is 0 Å². The molecule has 154 valence electrons. The molecule has 0 spiro atoms. The summed E-state index contributed by atoms with van der Waals surface area (Å²) in [6.07, 6.45) is -5.22. The van der Waals surface area contributed by atoms with Crippen molar-refractivity contribution in [2.45, 2.75) is 43.7 Å². The fraction of sp³-hybridized carbons (Fsp3) is 0.409. The maximum atomic E-state index is 12.6. The molecule has 7 nitrogen and oxygen atoms in total. The van der Waals surface area contributed by atoms with Crippen LogP contribution < -0.4 is 0 Å². The average Bonchev–Trinajstić information content (AvgIpc) is 3.11. The first-order valence-electron chi connectivity index (χ1n) is 9.47. The van der Waals surface area contributed by atoms with Crippen LogP contribution in [0.1, 0.15) is 16.7 Å². The van der Waals surface area contributed by atoms with Crippen molar-refractivity contribution < 1.29 is 34.0 Å². The topological polar surface area (TPSA) is 94.5 Å². The number of carbonyl (C=O) groups is 1. The molecule has 2 aliphatic rings. The van der Waals surface area contributed by atoms with Crippen LogP contribution in [0.2, 0.25) is 0 Å². The lowest BCUT2D eigenvalue weighted by atomic mass is 9.98. The zero-order chi connectivity index (χ0) is 20.5. The molecule has 4 rings (SSSR count). The highest BCUT2D eigenvalue weighted by Gasteiger charge is 2.48. The molecule has 1 saturated heterocycles. The fourth-order valence-electron chi connectivity index (χ4n) is 4.01. The maximum Gasteiger partial charge on any atom is 0.338 e. The number of carbonyl (C=O) groups excluding carboxylic acids is 1. The molecule has 2 aromatic carbocycles. The van der Waals surface area contributed by atoms with E-state index in [4.69, 9.17) is 18.9 Å². The second kappa shape index (κ2) is 8.22. The smallest absolute Gasteiger partial charge is 0.338 e. The van der Waals surface area contributed by atoms with Gasteiger partial charge in [0.25, 0.3) is 0 Å². The zero-order valence-electron chi connectivity index (χ0n) is 16.3. The summed E-state index contributed by atoms with van der Waals surface area (Å²) in [7, 11) is 2.65. The average molecular weight is 400 g/mol. The number of aliphatic hydroxyl groups excluding tert-OH is 2. The molecule has 1 fully saturated rings. The van der Waals surface area contributed by atoms with E-state index >= 15 is 0 Å². The van der Waals surface area contributed by atoms with E-state index < -0.39 is 36.7 Å². The summed E-state index contributed by atoms with van der Waals surface area (Å²) < 4.78 is 21.0. The Kier molecular flexibility index (Phi) is 5.67. The standard InChI is InChI=1S/C22H24O7/c1-26-19-17(23)18(24)22(27-2)29-20(19)21(25)28-11-12-7-8-16-14(9-12)10-13-5-3-4-6-15(13)16/h3-9,17-20,22-24H,10-11H2,1-2H3/t17?,18?,19-,20?,22+/m0/s1.